The molecule has 0 saturated carbocycles. The van der Waals surface area contributed by atoms with Crippen LogP contribution in [0.2, 0.25) is 0 Å². The van der Waals surface area contributed by atoms with Crippen LogP contribution in [0.3, 0.4) is 0 Å². The standard InChI is InChI=1S/C17H28BrNO2/c1-5-9-21-16-7-6-15(18)11-14(16)12-19-13-17(2,3)8-10-20-4/h6-7,11,19H,5,8-10,12-13H2,1-4H3. The molecule has 0 aliphatic carbocycles. The molecule has 3 nitrogen and oxygen atoms in total. The molecule has 0 aliphatic rings. The van der Waals surface area contributed by atoms with Gasteiger partial charge in [0.05, 0.1) is 6.61 Å². The monoisotopic (exact) mass is 357 g/mol. The van der Waals surface area contributed by atoms with E-state index >= 15 is 0 Å². The van der Waals surface area contributed by atoms with Crippen molar-refractivity contribution >= 4 is 15.9 Å². The lowest BCUT2D eigenvalue weighted by molar-refractivity contribution is 0.150. The number of benzene rings is 1. The lowest BCUT2D eigenvalue weighted by Crippen LogP contribution is -2.30. The smallest absolute Gasteiger partial charge is 0.123 e. The van der Waals surface area contributed by atoms with Gasteiger partial charge in [0.2, 0.25) is 0 Å². The highest BCUT2D eigenvalue weighted by molar-refractivity contribution is 9.10. The zero-order valence-corrected chi connectivity index (χ0v) is 15.3. The van der Waals surface area contributed by atoms with Crippen LogP contribution in [-0.4, -0.2) is 26.9 Å². The Morgan fingerprint density at radius 2 is 2.00 bits per heavy atom. The Kier molecular flexibility index (Phi) is 8.30. The van der Waals surface area contributed by atoms with Gasteiger partial charge in [0.15, 0.2) is 0 Å². The number of rotatable bonds is 10. The van der Waals surface area contributed by atoms with E-state index in [0.29, 0.717) is 0 Å². The Morgan fingerprint density at radius 1 is 1.24 bits per heavy atom. The quantitative estimate of drug-likeness (QED) is 0.673. The average molecular weight is 358 g/mol. The summed E-state index contributed by atoms with van der Waals surface area (Å²) in [4.78, 5) is 0. The van der Waals surface area contributed by atoms with Crippen LogP contribution < -0.4 is 10.1 Å². The van der Waals surface area contributed by atoms with Crippen LogP contribution in [0, 0.1) is 5.41 Å². The fraction of sp³-hybridized carbons (Fsp3) is 0.647. The minimum absolute atomic E-state index is 0.229. The van der Waals surface area contributed by atoms with Gasteiger partial charge in [-0.2, -0.15) is 0 Å². The molecule has 0 amide bonds. The highest BCUT2D eigenvalue weighted by Gasteiger charge is 2.17. The van der Waals surface area contributed by atoms with Crippen molar-refractivity contribution in [1.29, 1.82) is 0 Å². The van der Waals surface area contributed by atoms with Crippen LogP contribution in [0.15, 0.2) is 22.7 Å². The molecule has 0 saturated heterocycles. The molecule has 21 heavy (non-hydrogen) atoms. The van der Waals surface area contributed by atoms with Gasteiger partial charge < -0.3 is 14.8 Å². The molecule has 1 rings (SSSR count). The molecule has 0 bridgehead atoms. The number of nitrogens with one attached hydrogen (secondary N) is 1. The van der Waals surface area contributed by atoms with E-state index in [-0.39, 0.29) is 5.41 Å². The minimum atomic E-state index is 0.229. The summed E-state index contributed by atoms with van der Waals surface area (Å²) in [6.45, 7) is 9.97. The van der Waals surface area contributed by atoms with Crippen molar-refractivity contribution in [2.75, 3.05) is 26.9 Å². The van der Waals surface area contributed by atoms with Crippen molar-refractivity contribution in [3.8, 4) is 5.75 Å². The first-order valence-electron chi connectivity index (χ1n) is 7.59. The fourth-order valence-electron chi connectivity index (χ4n) is 2.04. The largest absolute Gasteiger partial charge is 0.493 e. The fourth-order valence-corrected chi connectivity index (χ4v) is 2.45. The average Bonchev–Trinajstić information content (AvgIpc) is 2.44. The van der Waals surface area contributed by atoms with E-state index in [9.17, 15) is 0 Å². The summed E-state index contributed by atoms with van der Waals surface area (Å²) in [6.07, 6.45) is 2.07. The summed E-state index contributed by atoms with van der Waals surface area (Å²) in [5.41, 5.74) is 1.42. The van der Waals surface area contributed by atoms with Crippen molar-refractivity contribution in [3.63, 3.8) is 0 Å². The third kappa shape index (κ3) is 7.30. The maximum Gasteiger partial charge on any atom is 0.123 e. The van der Waals surface area contributed by atoms with Crippen LogP contribution in [0.1, 0.15) is 39.2 Å². The van der Waals surface area contributed by atoms with E-state index in [1.54, 1.807) is 7.11 Å². The molecule has 0 fully saturated rings. The molecule has 1 N–H and O–H groups in total. The van der Waals surface area contributed by atoms with Crippen molar-refractivity contribution in [1.82, 2.24) is 5.32 Å². The molecule has 0 unspecified atom stereocenters. The molecule has 0 heterocycles. The summed E-state index contributed by atoms with van der Waals surface area (Å²) >= 11 is 3.53. The zero-order valence-electron chi connectivity index (χ0n) is 13.7. The maximum absolute atomic E-state index is 5.81. The number of hydrogen-bond donors (Lipinski definition) is 1. The molecule has 1 aromatic rings. The molecule has 0 atom stereocenters. The molecule has 1 aromatic carbocycles. The van der Waals surface area contributed by atoms with E-state index in [1.807, 2.05) is 12.1 Å². The summed E-state index contributed by atoms with van der Waals surface area (Å²) in [5.74, 6) is 0.974. The van der Waals surface area contributed by atoms with Crippen LogP contribution in [0.25, 0.3) is 0 Å². The Balaban J connectivity index is 2.55. The van der Waals surface area contributed by atoms with Gasteiger partial charge >= 0.3 is 0 Å². The van der Waals surface area contributed by atoms with Crippen LogP contribution in [-0.2, 0) is 11.3 Å². The highest BCUT2D eigenvalue weighted by atomic mass is 79.9. The predicted molar refractivity (Wildman–Crippen MR) is 91.9 cm³/mol. The third-order valence-electron chi connectivity index (χ3n) is 3.39. The minimum Gasteiger partial charge on any atom is -0.493 e. The van der Waals surface area contributed by atoms with Crippen molar-refractivity contribution in [2.24, 2.45) is 5.41 Å². The van der Waals surface area contributed by atoms with Gasteiger partial charge in [-0.25, -0.2) is 0 Å². The number of methoxy groups -OCH3 is 1. The van der Waals surface area contributed by atoms with Gasteiger partial charge in [0.25, 0.3) is 0 Å². The van der Waals surface area contributed by atoms with E-state index < -0.39 is 0 Å². The van der Waals surface area contributed by atoms with Crippen molar-refractivity contribution in [3.05, 3.63) is 28.2 Å². The number of hydrogen-bond acceptors (Lipinski definition) is 3. The van der Waals surface area contributed by atoms with E-state index in [2.05, 4.69) is 48.1 Å². The van der Waals surface area contributed by atoms with Gasteiger partial charge in [-0.15, -0.1) is 0 Å². The first-order valence-corrected chi connectivity index (χ1v) is 8.38. The molecular formula is C17H28BrNO2. The van der Waals surface area contributed by atoms with Crippen LogP contribution in [0.4, 0.5) is 0 Å². The normalized spacial score (nSPS) is 11.7. The first-order chi connectivity index (χ1) is 9.98. The summed E-state index contributed by atoms with van der Waals surface area (Å²) < 4.78 is 12.1. The topological polar surface area (TPSA) is 30.5 Å². The molecular weight excluding hydrogens is 330 g/mol. The van der Waals surface area contributed by atoms with Gasteiger partial charge in [-0.3, -0.25) is 0 Å². The lowest BCUT2D eigenvalue weighted by atomic mass is 9.89. The van der Waals surface area contributed by atoms with Crippen molar-refractivity contribution < 1.29 is 9.47 Å². The van der Waals surface area contributed by atoms with E-state index in [1.165, 1.54) is 5.56 Å². The molecule has 0 radical (unpaired) electrons. The molecule has 0 spiro atoms. The predicted octanol–water partition coefficient (Wildman–Crippen LogP) is 4.39. The highest BCUT2D eigenvalue weighted by Crippen LogP contribution is 2.24. The van der Waals surface area contributed by atoms with E-state index in [0.717, 1.165) is 49.4 Å². The molecule has 4 heteroatoms. The Bertz CT molecular complexity index is 421. The SMILES string of the molecule is CCCOc1ccc(Br)cc1CNCC(C)(C)CCOC. The number of halogens is 1. The van der Waals surface area contributed by atoms with Gasteiger partial charge in [0.1, 0.15) is 5.75 Å². The number of ether oxygens (including phenoxy) is 2. The van der Waals surface area contributed by atoms with Crippen LogP contribution in [0.5, 0.6) is 5.75 Å². The Hall–Kier alpha value is -0.580. The maximum atomic E-state index is 5.81. The third-order valence-corrected chi connectivity index (χ3v) is 3.88. The second-order valence-corrected chi connectivity index (χ2v) is 7.03. The first kappa shape index (κ1) is 18.5. The van der Waals surface area contributed by atoms with Gasteiger partial charge in [0, 0.05) is 36.8 Å². The zero-order chi connectivity index (χ0) is 15.7. The summed E-state index contributed by atoms with van der Waals surface area (Å²) in [6, 6.07) is 6.18. The van der Waals surface area contributed by atoms with Gasteiger partial charge in [-0.1, -0.05) is 36.7 Å². The second kappa shape index (κ2) is 9.44. The van der Waals surface area contributed by atoms with Gasteiger partial charge in [-0.05, 0) is 36.5 Å². The van der Waals surface area contributed by atoms with Crippen molar-refractivity contribution in [2.45, 2.75) is 40.2 Å². The Labute approximate surface area is 137 Å². The second-order valence-electron chi connectivity index (χ2n) is 6.11. The summed E-state index contributed by atoms with van der Waals surface area (Å²) in [5, 5.41) is 3.54. The summed E-state index contributed by atoms with van der Waals surface area (Å²) in [7, 11) is 1.75. The molecule has 0 aromatic heterocycles. The molecule has 120 valence electrons. The Morgan fingerprint density at radius 3 is 2.67 bits per heavy atom. The van der Waals surface area contributed by atoms with Crippen LogP contribution >= 0.6 is 15.9 Å². The van der Waals surface area contributed by atoms with E-state index in [4.69, 9.17) is 9.47 Å². The molecule has 0 aliphatic heterocycles. The lowest BCUT2D eigenvalue weighted by Gasteiger charge is -2.25.